The van der Waals surface area contributed by atoms with Gasteiger partial charge < -0.3 is 14.7 Å². The number of likely N-dealkylation sites (N-methyl/N-ethyl adjacent to an activating group) is 1. The molecule has 2 aliphatic carbocycles. The van der Waals surface area contributed by atoms with Gasteiger partial charge in [0.1, 0.15) is 16.5 Å². The number of carbonyl (C=O) groups is 1. The zero-order valence-electron chi connectivity index (χ0n) is 24.4. The number of aromatic carboxylic acids is 1. The number of sulfonamides is 1. The van der Waals surface area contributed by atoms with Crippen molar-refractivity contribution in [2.45, 2.75) is 61.8 Å². The number of carboxylic acid groups (broad SMARTS) is 1. The lowest BCUT2D eigenvalue weighted by atomic mass is 9.82. The number of para-hydroxylation sites is 1. The van der Waals surface area contributed by atoms with Crippen LogP contribution in [0.2, 0.25) is 0 Å². The van der Waals surface area contributed by atoms with Crippen LogP contribution in [0.3, 0.4) is 0 Å². The summed E-state index contributed by atoms with van der Waals surface area (Å²) in [5, 5.41) is 9.58. The van der Waals surface area contributed by atoms with Crippen molar-refractivity contribution < 1.29 is 36.2 Å². The predicted octanol–water partition coefficient (Wildman–Crippen LogP) is 7.34. The normalized spacial score (nSPS) is 22.1. The van der Waals surface area contributed by atoms with Crippen molar-refractivity contribution >= 4 is 27.4 Å². The molecule has 3 aliphatic rings. The molecule has 1 N–H and O–H groups in total. The van der Waals surface area contributed by atoms with Gasteiger partial charge >= 0.3 is 5.97 Å². The molecule has 11 heteroatoms. The Kier molecular flexibility index (Phi) is 8.13. The maximum absolute atomic E-state index is 14.4. The fraction of sp³-hybridized carbons (Fsp3) is 0.424. The molecule has 3 aromatic rings. The second-order valence-electron chi connectivity index (χ2n) is 12.2. The third kappa shape index (κ3) is 5.79. The molecule has 0 aromatic heterocycles. The van der Waals surface area contributed by atoms with Gasteiger partial charge in [0.2, 0.25) is 15.9 Å². The number of alkyl halides is 2. The van der Waals surface area contributed by atoms with E-state index in [0.717, 1.165) is 49.9 Å². The van der Waals surface area contributed by atoms with Gasteiger partial charge in [0.05, 0.1) is 17.9 Å². The number of halogens is 3. The topological polar surface area (TPSA) is 87.2 Å². The van der Waals surface area contributed by atoms with Crippen molar-refractivity contribution in [1.29, 1.82) is 0 Å². The molecule has 2 saturated carbocycles. The molecular weight excluding hydrogens is 593 g/mol. The van der Waals surface area contributed by atoms with E-state index in [0.29, 0.717) is 12.2 Å². The quantitative estimate of drug-likeness (QED) is 0.295. The Morgan fingerprint density at radius 2 is 1.73 bits per heavy atom. The lowest BCUT2D eigenvalue weighted by molar-refractivity contribution is -0.119. The van der Waals surface area contributed by atoms with Crippen LogP contribution < -0.4 is 9.64 Å². The summed E-state index contributed by atoms with van der Waals surface area (Å²) in [6.45, 7) is 0.363. The summed E-state index contributed by atoms with van der Waals surface area (Å²) in [5.74, 6) is -5.18. The SMILES string of the molecule is CN1[C@H](C2CCCCC2)CN(c2ccccc2)c2cc(OCC3CC(F)(F)C3)c(-c3ccc(F)c(C(=O)O)c3)cc2S1(=O)=O. The van der Waals surface area contributed by atoms with Crippen LogP contribution in [0.4, 0.5) is 24.5 Å². The number of carboxylic acids is 1. The molecule has 2 fully saturated rings. The third-order valence-electron chi connectivity index (χ3n) is 9.26. The first-order valence-corrected chi connectivity index (χ1v) is 16.4. The lowest BCUT2D eigenvalue weighted by Crippen LogP contribution is -2.46. The van der Waals surface area contributed by atoms with Gasteiger partial charge in [-0.2, -0.15) is 4.31 Å². The monoisotopic (exact) mass is 628 g/mol. The zero-order valence-corrected chi connectivity index (χ0v) is 25.2. The van der Waals surface area contributed by atoms with E-state index in [4.69, 9.17) is 4.74 Å². The molecule has 7 nitrogen and oxygen atoms in total. The number of fused-ring (bicyclic) bond motifs is 1. The molecule has 3 aromatic carbocycles. The lowest BCUT2D eigenvalue weighted by Gasteiger charge is -2.37. The minimum Gasteiger partial charge on any atom is -0.493 e. The smallest absolute Gasteiger partial charge is 0.338 e. The average molecular weight is 629 g/mol. The largest absolute Gasteiger partial charge is 0.493 e. The van der Waals surface area contributed by atoms with E-state index in [1.807, 2.05) is 35.2 Å². The summed E-state index contributed by atoms with van der Waals surface area (Å²) >= 11 is 0. The van der Waals surface area contributed by atoms with Crippen molar-refractivity contribution in [3.63, 3.8) is 0 Å². The van der Waals surface area contributed by atoms with Gasteiger partial charge in [-0.25, -0.2) is 26.4 Å². The van der Waals surface area contributed by atoms with Gasteiger partial charge in [0.15, 0.2) is 0 Å². The van der Waals surface area contributed by atoms with Crippen LogP contribution >= 0.6 is 0 Å². The van der Waals surface area contributed by atoms with Crippen LogP contribution in [0, 0.1) is 17.7 Å². The summed E-state index contributed by atoms with van der Waals surface area (Å²) in [6.07, 6.45) is 4.40. The second kappa shape index (κ2) is 11.7. The molecule has 0 radical (unpaired) electrons. The van der Waals surface area contributed by atoms with Gasteiger partial charge in [-0.15, -0.1) is 0 Å². The number of anilines is 2. The number of hydrogen-bond donors (Lipinski definition) is 1. The van der Waals surface area contributed by atoms with E-state index in [9.17, 15) is 31.5 Å². The standard InChI is InChI=1S/C33H35F3N2O5S/c1-37-29(22-8-4-2-5-9-22)19-38(24-10-6-3-7-11-24)28-16-30(43-20-21-17-33(35,36)18-21)25(15-31(28)44(37,41)42)23-12-13-27(34)26(14-23)32(39)40/h3,6-7,10-16,21-22,29H,2,4-5,8-9,17-20H2,1H3,(H,39,40)/t29-/m0/s1. The van der Waals surface area contributed by atoms with Gasteiger partial charge in [-0.1, -0.05) is 43.5 Å². The molecule has 0 amide bonds. The van der Waals surface area contributed by atoms with E-state index in [2.05, 4.69) is 0 Å². The maximum Gasteiger partial charge on any atom is 0.338 e. The summed E-state index contributed by atoms with van der Waals surface area (Å²) in [4.78, 5) is 13.7. The first kappa shape index (κ1) is 30.5. The minimum absolute atomic E-state index is 0.000824. The van der Waals surface area contributed by atoms with Gasteiger partial charge in [-0.05, 0) is 54.7 Å². The van der Waals surface area contributed by atoms with E-state index in [-0.39, 0.29) is 53.2 Å². The highest BCUT2D eigenvalue weighted by Gasteiger charge is 2.46. The summed E-state index contributed by atoms with van der Waals surface area (Å²) < 4.78 is 78.0. The Hall–Kier alpha value is -3.57. The van der Waals surface area contributed by atoms with Crippen molar-refractivity contribution in [3.8, 4) is 16.9 Å². The van der Waals surface area contributed by atoms with Crippen LogP contribution in [0.25, 0.3) is 11.1 Å². The van der Waals surface area contributed by atoms with Crippen LogP contribution in [0.15, 0.2) is 65.6 Å². The Bertz CT molecular complexity index is 1650. The van der Waals surface area contributed by atoms with Gasteiger partial charge in [-0.3, -0.25) is 0 Å². The number of hydrogen-bond acceptors (Lipinski definition) is 5. The first-order valence-electron chi connectivity index (χ1n) is 15.0. The van der Waals surface area contributed by atoms with Gasteiger partial charge in [0, 0.05) is 55.7 Å². The van der Waals surface area contributed by atoms with E-state index < -0.39 is 39.2 Å². The zero-order chi connectivity index (χ0) is 31.2. The minimum atomic E-state index is -4.07. The number of benzene rings is 3. The van der Waals surface area contributed by atoms with Crippen LogP contribution in [-0.4, -0.2) is 56.0 Å². The third-order valence-corrected chi connectivity index (χ3v) is 11.2. The van der Waals surface area contributed by atoms with Crippen molar-refractivity contribution in [2.24, 2.45) is 11.8 Å². The Morgan fingerprint density at radius 3 is 2.39 bits per heavy atom. The molecule has 1 atom stereocenters. The van der Waals surface area contributed by atoms with Crippen molar-refractivity contribution in [3.05, 3.63) is 72.0 Å². The Labute approximate surface area is 255 Å². The molecule has 234 valence electrons. The van der Waals surface area contributed by atoms with E-state index in [1.165, 1.54) is 16.4 Å². The molecule has 6 rings (SSSR count). The van der Waals surface area contributed by atoms with Crippen LogP contribution in [0.1, 0.15) is 55.3 Å². The fourth-order valence-electron chi connectivity index (χ4n) is 6.83. The predicted molar refractivity (Wildman–Crippen MR) is 161 cm³/mol. The molecule has 0 bridgehead atoms. The highest BCUT2D eigenvalue weighted by atomic mass is 32.2. The summed E-state index contributed by atoms with van der Waals surface area (Å²) in [6, 6.07) is 15.7. The van der Waals surface area contributed by atoms with Crippen LogP contribution in [0.5, 0.6) is 5.75 Å². The Morgan fingerprint density at radius 1 is 1.02 bits per heavy atom. The maximum atomic E-state index is 14.4. The fourth-order valence-corrected chi connectivity index (χ4v) is 8.44. The Balaban J connectivity index is 1.53. The summed E-state index contributed by atoms with van der Waals surface area (Å²) in [5.41, 5.74) is 1.05. The van der Waals surface area contributed by atoms with Crippen molar-refractivity contribution in [2.75, 3.05) is 25.1 Å². The van der Waals surface area contributed by atoms with Crippen molar-refractivity contribution in [1.82, 2.24) is 4.31 Å². The molecule has 0 saturated heterocycles. The summed E-state index contributed by atoms with van der Waals surface area (Å²) in [7, 11) is -2.47. The number of nitrogens with zero attached hydrogens (tertiary/aromatic N) is 2. The molecule has 0 spiro atoms. The molecular formula is C33H35F3N2O5S. The second-order valence-corrected chi connectivity index (χ2v) is 14.2. The molecule has 0 unspecified atom stereocenters. The van der Waals surface area contributed by atoms with Gasteiger partial charge in [0.25, 0.3) is 0 Å². The highest BCUT2D eigenvalue weighted by molar-refractivity contribution is 7.89. The average Bonchev–Trinajstić information content (AvgIpc) is 3.07. The van der Waals surface area contributed by atoms with E-state index in [1.54, 1.807) is 13.1 Å². The molecule has 1 heterocycles. The van der Waals surface area contributed by atoms with E-state index >= 15 is 0 Å². The molecule has 1 aliphatic heterocycles. The number of ether oxygens (including phenoxy) is 1. The highest BCUT2D eigenvalue weighted by Crippen LogP contribution is 2.47. The first-order chi connectivity index (χ1) is 20.9. The van der Waals surface area contributed by atoms with Crippen LogP contribution in [-0.2, 0) is 10.0 Å². The number of rotatable bonds is 7. The molecule has 44 heavy (non-hydrogen) atoms.